The molecule has 0 N–H and O–H groups in total. The Balaban J connectivity index is 2.28. The third-order valence-electron chi connectivity index (χ3n) is 3.74. The average molecular weight is 252 g/mol. The maximum atomic E-state index is 12.9. The summed E-state index contributed by atoms with van der Waals surface area (Å²) in [6, 6.07) is 17.2. The molecule has 4 aromatic carbocycles. The quantitative estimate of drug-likeness (QED) is 0.391. The van der Waals surface area contributed by atoms with Gasteiger partial charge in [0.05, 0.1) is 0 Å². The van der Waals surface area contributed by atoms with Crippen LogP contribution < -0.4 is 0 Å². The van der Waals surface area contributed by atoms with E-state index in [1.807, 2.05) is 30.3 Å². The highest BCUT2D eigenvalue weighted by Gasteiger charge is 2.12. The maximum Gasteiger partial charge on any atom is 0.263 e. The molecule has 0 aliphatic rings. The summed E-state index contributed by atoms with van der Waals surface area (Å²) >= 11 is 0. The van der Waals surface area contributed by atoms with Crippen molar-refractivity contribution >= 4 is 32.3 Å². The fourth-order valence-corrected chi connectivity index (χ4v) is 2.90. The molecule has 0 bridgehead atoms. The Morgan fingerprint density at radius 3 is 1.63 bits per heavy atom. The lowest BCUT2D eigenvalue weighted by atomic mass is 9.93. The maximum absolute atomic E-state index is 12.9. The van der Waals surface area contributed by atoms with Crippen molar-refractivity contribution in [1.29, 1.82) is 0 Å². The second-order valence-corrected chi connectivity index (χ2v) is 4.85. The normalized spacial score (nSPS) is 12.2. The van der Waals surface area contributed by atoms with Crippen LogP contribution in [0.15, 0.2) is 54.6 Å². The molecular formula is C17H10F2. The second-order valence-electron chi connectivity index (χ2n) is 4.85. The van der Waals surface area contributed by atoms with Gasteiger partial charge in [0, 0.05) is 5.56 Å². The summed E-state index contributed by atoms with van der Waals surface area (Å²) in [5, 5.41) is 6.33. The lowest BCUT2D eigenvalue weighted by molar-refractivity contribution is 0.151. The largest absolute Gasteiger partial charge is 0.263 e. The zero-order valence-corrected chi connectivity index (χ0v) is 10.0. The molecule has 0 heterocycles. The van der Waals surface area contributed by atoms with Gasteiger partial charge in [-0.2, -0.15) is 0 Å². The van der Waals surface area contributed by atoms with Crippen molar-refractivity contribution in [3.63, 3.8) is 0 Å². The summed E-state index contributed by atoms with van der Waals surface area (Å²) in [6.07, 6.45) is -2.43. The molecule has 0 atom stereocenters. The smallest absolute Gasteiger partial charge is 0.205 e. The van der Waals surface area contributed by atoms with Gasteiger partial charge < -0.3 is 0 Å². The van der Waals surface area contributed by atoms with Crippen molar-refractivity contribution in [2.45, 2.75) is 6.43 Å². The summed E-state index contributed by atoms with van der Waals surface area (Å²) in [7, 11) is 0. The SMILES string of the molecule is FC(F)c1cc2ccc3cccc4ccc(c1)c2c34. The molecule has 4 aromatic rings. The van der Waals surface area contributed by atoms with Gasteiger partial charge in [0.15, 0.2) is 0 Å². The topological polar surface area (TPSA) is 0 Å². The molecule has 0 amide bonds. The molecule has 0 unspecified atom stereocenters. The van der Waals surface area contributed by atoms with E-state index in [1.54, 1.807) is 12.1 Å². The van der Waals surface area contributed by atoms with E-state index in [1.165, 1.54) is 5.39 Å². The van der Waals surface area contributed by atoms with Crippen LogP contribution in [0.3, 0.4) is 0 Å². The average Bonchev–Trinajstić information content (AvgIpc) is 2.44. The second kappa shape index (κ2) is 3.64. The molecule has 0 fully saturated rings. The van der Waals surface area contributed by atoms with Crippen LogP contribution in [0.2, 0.25) is 0 Å². The van der Waals surface area contributed by atoms with E-state index in [0.29, 0.717) is 0 Å². The van der Waals surface area contributed by atoms with Gasteiger partial charge in [-0.05, 0) is 44.5 Å². The van der Waals surface area contributed by atoms with Crippen molar-refractivity contribution in [3.8, 4) is 0 Å². The van der Waals surface area contributed by atoms with Crippen LogP contribution in [0.1, 0.15) is 12.0 Å². The van der Waals surface area contributed by atoms with Gasteiger partial charge in [0.25, 0.3) is 6.43 Å². The summed E-state index contributed by atoms with van der Waals surface area (Å²) in [4.78, 5) is 0. The van der Waals surface area contributed by atoms with Crippen LogP contribution >= 0.6 is 0 Å². The monoisotopic (exact) mass is 252 g/mol. The van der Waals surface area contributed by atoms with E-state index in [9.17, 15) is 8.78 Å². The molecule has 2 heteroatoms. The molecule has 4 rings (SSSR count). The van der Waals surface area contributed by atoms with Gasteiger partial charge in [0.2, 0.25) is 0 Å². The third-order valence-corrected chi connectivity index (χ3v) is 3.74. The molecule has 0 aliphatic carbocycles. The molecule has 0 nitrogen and oxygen atoms in total. The van der Waals surface area contributed by atoms with Crippen LogP contribution in [0.4, 0.5) is 8.78 Å². The van der Waals surface area contributed by atoms with Gasteiger partial charge in [0.1, 0.15) is 0 Å². The zero-order valence-electron chi connectivity index (χ0n) is 10.0. The van der Waals surface area contributed by atoms with E-state index in [4.69, 9.17) is 0 Å². The Morgan fingerprint density at radius 1 is 0.632 bits per heavy atom. The van der Waals surface area contributed by atoms with E-state index in [-0.39, 0.29) is 5.56 Å². The van der Waals surface area contributed by atoms with Crippen LogP contribution in [-0.4, -0.2) is 0 Å². The number of hydrogen-bond acceptors (Lipinski definition) is 0. The molecular weight excluding hydrogens is 242 g/mol. The molecule has 92 valence electrons. The molecule has 0 radical (unpaired) electrons. The standard InChI is InChI=1S/C17H10F2/c18-17(19)14-8-12-6-4-10-2-1-3-11-5-7-13(9-14)16(12)15(10)11/h1-9,17H. The first-order chi connectivity index (χ1) is 9.24. The van der Waals surface area contributed by atoms with Gasteiger partial charge in [-0.1, -0.05) is 42.5 Å². The van der Waals surface area contributed by atoms with Crippen molar-refractivity contribution in [2.24, 2.45) is 0 Å². The Hall–Kier alpha value is -2.22. The van der Waals surface area contributed by atoms with Gasteiger partial charge in [-0.15, -0.1) is 0 Å². The summed E-state index contributed by atoms with van der Waals surface area (Å²) in [6.45, 7) is 0. The van der Waals surface area contributed by atoms with Gasteiger partial charge in [-0.3, -0.25) is 0 Å². The minimum absolute atomic E-state index is 0.0888. The first-order valence-electron chi connectivity index (χ1n) is 6.20. The summed E-state index contributed by atoms with van der Waals surface area (Å²) in [5.41, 5.74) is 0.0888. The minimum Gasteiger partial charge on any atom is -0.205 e. The fourth-order valence-electron chi connectivity index (χ4n) is 2.90. The molecule has 0 saturated heterocycles. The van der Waals surface area contributed by atoms with Crippen molar-refractivity contribution in [2.75, 3.05) is 0 Å². The Morgan fingerprint density at radius 2 is 1.11 bits per heavy atom. The van der Waals surface area contributed by atoms with Crippen molar-refractivity contribution < 1.29 is 8.78 Å². The number of hydrogen-bond donors (Lipinski definition) is 0. The van der Waals surface area contributed by atoms with Crippen LogP contribution in [0.25, 0.3) is 32.3 Å². The molecule has 19 heavy (non-hydrogen) atoms. The Bertz CT molecular complexity index is 830. The summed E-state index contributed by atoms with van der Waals surface area (Å²) < 4.78 is 25.8. The number of alkyl halides is 2. The number of rotatable bonds is 1. The van der Waals surface area contributed by atoms with Crippen molar-refractivity contribution in [1.82, 2.24) is 0 Å². The predicted molar refractivity (Wildman–Crippen MR) is 75.1 cm³/mol. The molecule has 0 saturated carbocycles. The highest BCUT2D eigenvalue weighted by atomic mass is 19.3. The highest BCUT2D eigenvalue weighted by molar-refractivity contribution is 6.23. The van der Waals surface area contributed by atoms with E-state index in [0.717, 1.165) is 26.9 Å². The Kier molecular flexibility index (Phi) is 2.05. The molecule has 0 aromatic heterocycles. The molecule has 0 aliphatic heterocycles. The summed E-state index contributed by atoms with van der Waals surface area (Å²) in [5.74, 6) is 0. The number of halogens is 2. The zero-order chi connectivity index (χ0) is 13.0. The first kappa shape index (κ1) is 10.7. The van der Waals surface area contributed by atoms with Gasteiger partial charge >= 0.3 is 0 Å². The third kappa shape index (κ3) is 1.43. The van der Waals surface area contributed by atoms with Crippen LogP contribution in [0.5, 0.6) is 0 Å². The number of benzene rings is 4. The lowest BCUT2D eigenvalue weighted by Crippen LogP contribution is -1.88. The van der Waals surface area contributed by atoms with Crippen LogP contribution in [0, 0.1) is 0 Å². The lowest BCUT2D eigenvalue weighted by Gasteiger charge is -2.12. The first-order valence-corrected chi connectivity index (χ1v) is 6.20. The fraction of sp³-hybridized carbons (Fsp3) is 0.0588. The predicted octanol–water partition coefficient (Wildman–Crippen LogP) is 5.52. The molecule has 0 spiro atoms. The Labute approximate surface area is 108 Å². The van der Waals surface area contributed by atoms with Crippen LogP contribution in [-0.2, 0) is 0 Å². The highest BCUT2D eigenvalue weighted by Crippen LogP contribution is 2.36. The van der Waals surface area contributed by atoms with Crippen molar-refractivity contribution in [3.05, 3.63) is 60.2 Å². The van der Waals surface area contributed by atoms with E-state index < -0.39 is 6.43 Å². The van der Waals surface area contributed by atoms with E-state index in [2.05, 4.69) is 12.1 Å². The van der Waals surface area contributed by atoms with E-state index >= 15 is 0 Å². The van der Waals surface area contributed by atoms with Gasteiger partial charge in [-0.25, -0.2) is 8.78 Å². The minimum atomic E-state index is -2.43.